The lowest BCUT2D eigenvalue weighted by atomic mass is 10.0. The van der Waals surface area contributed by atoms with Crippen LogP contribution in [0.3, 0.4) is 0 Å². The molecule has 0 saturated heterocycles. The Bertz CT molecular complexity index is 704. The summed E-state index contributed by atoms with van der Waals surface area (Å²) in [5, 5.41) is 6.60. The fourth-order valence-electron chi connectivity index (χ4n) is 2.18. The van der Waals surface area contributed by atoms with Gasteiger partial charge < -0.3 is 10.2 Å². The van der Waals surface area contributed by atoms with E-state index >= 15 is 0 Å². The van der Waals surface area contributed by atoms with Crippen LogP contribution in [0.5, 0.6) is 0 Å². The van der Waals surface area contributed by atoms with Crippen molar-refractivity contribution in [3.8, 4) is 0 Å². The van der Waals surface area contributed by atoms with E-state index in [0.717, 1.165) is 5.56 Å². The van der Waals surface area contributed by atoms with Crippen molar-refractivity contribution in [3.63, 3.8) is 0 Å². The molecule has 0 fully saturated rings. The zero-order valence-corrected chi connectivity index (χ0v) is 11.7. The van der Waals surface area contributed by atoms with Crippen LogP contribution in [-0.2, 0) is 16.2 Å². The Morgan fingerprint density at radius 1 is 1.27 bits per heavy atom. The van der Waals surface area contributed by atoms with Gasteiger partial charge in [-0.05, 0) is 23.8 Å². The Balaban J connectivity index is 1.57. The Morgan fingerprint density at radius 2 is 2.05 bits per heavy atom. The number of nitrogens with zero attached hydrogens (tertiary/aromatic N) is 2. The van der Waals surface area contributed by atoms with Crippen LogP contribution in [0.2, 0.25) is 0 Å². The molecule has 1 aliphatic rings. The molecule has 6 heteroatoms. The number of pyridine rings is 1. The largest absolute Gasteiger partial charge is 0.382 e. The van der Waals surface area contributed by atoms with Crippen LogP contribution < -0.4 is 5.32 Å². The molecule has 0 aliphatic carbocycles. The maximum Gasteiger partial charge on any atom is 0.264 e. The number of halogens is 1. The Labute approximate surface area is 126 Å². The van der Waals surface area contributed by atoms with Crippen molar-refractivity contribution in [2.24, 2.45) is 5.16 Å². The van der Waals surface area contributed by atoms with Gasteiger partial charge in [0, 0.05) is 30.9 Å². The molecule has 2 heterocycles. The number of aromatic nitrogens is 1. The Kier molecular flexibility index (Phi) is 4.09. The summed E-state index contributed by atoms with van der Waals surface area (Å²) in [5.41, 5.74) is 1.76. The molecule has 1 aliphatic heterocycles. The van der Waals surface area contributed by atoms with Crippen molar-refractivity contribution in [2.75, 3.05) is 0 Å². The standard InChI is InChI=1S/C16H14FN3O2/c17-13-4-2-1-3-12(13)14-9-15(22-20-14)16(21)19-10-11-5-7-18-8-6-11/h1-8,15H,9-10H2,(H,19,21). The fraction of sp³-hybridized carbons (Fsp3) is 0.188. The highest BCUT2D eigenvalue weighted by atomic mass is 19.1. The second-order valence-electron chi connectivity index (χ2n) is 4.89. The molecule has 1 amide bonds. The van der Waals surface area contributed by atoms with Gasteiger partial charge in [0.05, 0.1) is 5.71 Å². The number of carbonyl (C=O) groups is 1. The maximum atomic E-state index is 13.7. The number of carbonyl (C=O) groups excluding carboxylic acids is 1. The van der Waals surface area contributed by atoms with Gasteiger partial charge in [0.15, 0.2) is 0 Å². The lowest BCUT2D eigenvalue weighted by Gasteiger charge is -2.09. The monoisotopic (exact) mass is 299 g/mol. The minimum Gasteiger partial charge on any atom is -0.382 e. The van der Waals surface area contributed by atoms with Crippen LogP contribution in [0, 0.1) is 5.82 Å². The van der Waals surface area contributed by atoms with Gasteiger partial charge in [0.1, 0.15) is 5.82 Å². The third-order valence-corrected chi connectivity index (χ3v) is 3.36. The molecule has 1 unspecified atom stereocenters. The number of amides is 1. The van der Waals surface area contributed by atoms with Gasteiger partial charge in [-0.15, -0.1) is 0 Å². The molecule has 112 valence electrons. The average Bonchev–Trinajstić information content (AvgIpc) is 3.04. The number of hydrogen-bond acceptors (Lipinski definition) is 4. The molecule has 3 rings (SSSR count). The van der Waals surface area contributed by atoms with Gasteiger partial charge in [-0.25, -0.2) is 4.39 Å². The summed E-state index contributed by atoms with van der Waals surface area (Å²) in [6.45, 7) is 0.385. The smallest absolute Gasteiger partial charge is 0.264 e. The lowest BCUT2D eigenvalue weighted by molar-refractivity contribution is -0.131. The Morgan fingerprint density at radius 3 is 2.82 bits per heavy atom. The number of rotatable bonds is 4. The third kappa shape index (κ3) is 3.11. The first-order chi connectivity index (χ1) is 10.7. The second kappa shape index (κ2) is 6.34. The highest BCUT2D eigenvalue weighted by molar-refractivity contribution is 6.04. The first kappa shape index (κ1) is 14.2. The summed E-state index contributed by atoms with van der Waals surface area (Å²) < 4.78 is 13.7. The third-order valence-electron chi connectivity index (χ3n) is 3.36. The van der Waals surface area contributed by atoms with Crippen molar-refractivity contribution >= 4 is 11.6 Å². The quantitative estimate of drug-likeness (QED) is 0.939. The van der Waals surface area contributed by atoms with Crippen molar-refractivity contribution < 1.29 is 14.0 Å². The summed E-state index contributed by atoms with van der Waals surface area (Å²) >= 11 is 0. The van der Waals surface area contributed by atoms with Crippen LogP contribution >= 0.6 is 0 Å². The van der Waals surface area contributed by atoms with E-state index < -0.39 is 6.10 Å². The number of benzene rings is 1. The zero-order chi connectivity index (χ0) is 15.4. The van der Waals surface area contributed by atoms with Crippen LogP contribution in [0.25, 0.3) is 0 Å². The van der Waals surface area contributed by atoms with Gasteiger partial charge in [0.25, 0.3) is 5.91 Å². The number of nitrogens with one attached hydrogen (secondary N) is 1. The van der Waals surface area contributed by atoms with Gasteiger partial charge in [0.2, 0.25) is 6.10 Å². The first-order valence-electron chi connectivity index (χ1n) is 6.88. The van der Waals surface area contributed by atoms with Crippen LogP contribution in [-0.4, -0.2) is 22.7 Å². The zero-order valence-electron chi connectivity index (χ0n) is 11.7. The second-order valence-corrected chi connectivity index (χ2v) is 4.89. The van der Waals surface area contributed by atoms with E-state index in [9.17, 15) is 9.18 Å². The first-order valence-corrected chi connectivity index (χ1v) is 6.88. The SMILES string of the molecule is O=C(NCc1ccncc1)C1CC(c2ccccc2F)=NO1. The molecule has 1 aromatic carbocycles. The minimum atomic E-state index is -0.726. The topological polar surface area (TPSA) is 63.6 Å². The molecule has 1 N–H and O–H groups in total. The molecule has 5 nitrogen and oxygen atoms in total. The van der Waals surface area contributed by atoms with E-state index in [1.165, 1.54) is 6.07 Å². The molecule has 22 heavy (non-hydrogen) atoms. The van der Waals surface area contributed by atoms with E-state index in [-0.39, 0.29) is 18.1 Å². The van der Waals surface area contributed by atoms with Crippen LogP contribution in [0.1, 0.15) is 17.5 Å². The highest BCUT2D eigenvalue weighted by Crippen LogP contribution is 2.19. The molecule has 0 bridgehead atoms. The Hall–Kier alpha value is -2.76. The highest BCUT2D eigenvalue weighted by Gasteiger charge is 2.29. The lowest BCUT2D eigenvalue weighted by Crippen LogP contribution is -2.34. The van der Waals surface area contributed by atoms with E-state index in [4.69, 9.17) is 4.84 Å². The van der Waals surface area contributed by atoms with Crippen molar-refractivity contribution in [2.45, 2.75) is 19.1 Å². The average molecular weight is 299 g/mol. The predicted molar refractivity (Wildman–Crippen MR) is 78.5 cm³/mol. The minimum absolute atomic E-state index is 0.253. The molecule has 2 aromatic rings. The molecular formula is C16H14FN3O2. The van der Waals surface area contributed by atoms with Gasteiger partial charge in [-0.1, -0.05) is 23.4 Å². The van der Waals surface area contributed by atoms with Gasteiger partial charge in [-0.3, -0.25) is 9.78 Å². The van der Waals surface area contributed by atoms with E-state index in [1.54, 1.807) is 30.6 Å². The van der Waals surface area contributed by atoms with E-state index in [0.29, 0.717) is 17.8 Å². The van der Waals surface area contributed by atoms with Crippen LogP contribution in [0.15, 0.2) is 53.9 Å². The summed E-state index contributed by atoms with van der Waals surface area (Å²) in [6.07, 6.45) is 2.85. The predicted octanol–water partition coefficient (Wildman–Crippen LogP) is 2.03. The maximum absolute atomic E-state index is 13.7. The van der Waals surface area contributed by atoms with E-state index in [1.807, 2.05) is 12.1 Å². The van der Waals surface area contributed by atoms with Gasteiger partial charge >= 0.3 is 0 Å². The van der Waals surface area contributed by atoms with E-state index in [2.05, 4.69) is 15.5 Å². The number of oxime groups is 1. The molecular weight excluding hydrogens is 285 g/mol. The van der Waals surface area contributed by atoms with Crippen molar-refractivity contribution in [1.29, 1.82) is 0 Å². The summed E-state index contributed by atoms with van der Waals surface area (Å²) in [4.78, 5) is 21.1. The molecule has 1 atom stereocenters. The number of hydrogen-bond donors (Lipinski definition) is 1. The summed E-state index contributed by atoms with van der Waals surface area (Å²) in [5.74, 6) is -0.644. The normalized spacial score (nSPS) is 16.8. The molecule has 0 radical (unpaired) electrons. The fourth-order valence-corrected chi connectivity index (χ4v) is 2.18. The van der Waals surface area contributed by atoms with Crippen molar-refractivity contribution in [3.05, 3.63) is 65.7 Å². The summed E-state index contributed by atoms with van der Waals surface area (Å²) in [6, 6.07) is 9.93. The van der Waals surface area contributed by atoms with Crippen molar-refractivity contribution in [1.82, 2.24) is 10.3 Å². The molecule has 0 saturated carbocycles. The van der Waals surface area contributed by atoms with Crippen LogP contribution in [0.4, 0.5) is 4.39 Å². The molecule has 0 spiro atoms. The molecule has 1 aromatic heterocycles. The summed E-state index contributed by atoms with van der Waals surface area (Å²) in [7, 11) is 0. The van der Waals surface area contributed by atoms with Gasteiger partial charge in [-0.2, -0.15) is 0 Å².